The Morgan fingerprint density at radius 1 is 1.07 bits per heavy atom. The third kappa shape index (κ3) is 3.67. The van der Waals surface area contributed by atoms with Crippen molar-refractivity contribution in [3.63, 3.8) is 0 Å². The Bertz CT molecular complexity index is 879. The highest BCUT2D eigenvalue weighted by molar-refractivity contribution is 5.97. The van der Waals surface area contributed by atoms with E-state index in [4.69, 9.17) is 9.47 Å². The first-order valence-electron chi connectivity index (χ1n) is 9.74. The molecule has 2 aromatic carbocycles. The summed E-state index contributed by atoms with van der Waals surface area (Å²) in [5, 5.41) is 0. The number of anilines is 1. The number of ether oxygens (including phenoxy) is 2. The van der Waals surface area contributed by atoms with E-state index in [-0.39, 0.29) is 18.6 Å². The average Bonchev–Trinajstić information content (AvgIpc) is 3.20. The van der Waals surface area contributed by atoms with Crippen LogP contribution in [0, 0.1) is 0 Å². The zero-order chi connectivity index (χ0) is 19.5. The molecule has 6 nitrogen and oxygen atoms in total. The first-order valence-corrected chi connectivity index (χ1v) is 9.74. The van der Waals surface area contributed by atoms with Gasteiger partial charge in [0.15, 0.2) is 11.5 Å². The molecule has 1 saturated heterocycles. The summed E-state index contributed by atoms with van der Waals surface area (Å²) < 4.78 is 10.8. The molecule has 2 amide bonds. The Labute approximate surface area is 164 Å². The molecule has 0 unspecified atom stereocenters. The minimum absolute atomic E-state index is 0.0308. The number of nitrogens with zero attached hydrogens (tertiary/aromatic N) is 2. The molecular formula is C22H24N2O4. The van der Waals surface area contributed by atoms with E-state index in [1.807, 2.05) is 54.3 Å². The maximum absolute atomic E-state index is 13.0. The van der Waals surface area contributed by atoms with Crippen LogP contribution in [0.15, 0.2) is 42.5 Å². The van der Waals surface area contributed by atoms with E-state index < -0.39 is 0 Å². The number of rotatable bonds is 5. The van der Waals surface area contributed by atoms with Crippen molar-refractivity contribution in [3.05, 3.63) is 53.6 Å². The molecule has 28 heavy (non-hydrogen) atoms. The van der Waals surface area contributed by atoms with Gasteiger partial charge in [-0.1, -0.05) is 6.07 Å². The maximum Gasteiger partial charge on any atom is 0.254 e. The SMILES string of the molecule is CCN(Cc1ccc2c(c1)OCO2)C(=O)c1ccc(N2CCCCC2=O)cc1. The molecule has 2 heterocycles. The van der Waals surface area contributed by atoms with Gasteiger partial charge in [-0.3, -0.25) is 9.59 Å². The number of hydrogen-bond acceptors (Lipinski definition) is 4. The topological polar surface area (TPSA) is 59.1 Å². The standard InChI is InChI=1S/C22H24N2O4/c1-2-23(14-16-6-11-19-20(13-16)28-15-27-19)22(26)17-7-9-18(10-8-17)24-12-4-3-5-21(24)25/h6-11,13H,2-5,12,14-15H2,1H3. The van der Waals surface area contributed by atoms with E-state index in [1.54, 1.807) is 4.90 Å². The van der Waals surface area contributed by atoms with E-state index in [9.17, 15) is 9.59 Å². The Hall–Kier alpha value is -3.02. The number of carbonyl (C=O) groups excluding carboxylic acids is 2. The molecule has 2 aromatic rings. The summed E-state index contributed by atoms with van der Waals surface area (Å²) in [5.41, 5.74) is 2.48. The van der Waals surface area contributed by atoms with Gasteiger partial charge in [-0.05, 0) is 61.7 Å². The highest BCUT2D eigenvalue weighted by Crippen LogP contribution is 2.33. The number of piperidine rings is 1. The molecule has 2 aliphatic rings. The van der Waals surface area contributed by atoms with Crippen LogP contribution in [-0.2, 0) is 11.3 Å². The first kappa shape index (κ1) is 18.3. The van der Waals surface area contributed by atoms with Crippen LogP contribution >= 0.6 is 0 Å². The Morgan fingerprint density at radius 2 is 1.86 bits per heavy atom. The van der Waals surface area contributed by atoms with Crippen molar-refractivity contribution in [1.82, 2.24) is 4.90 Å². The summed E-state index contributed by atoms with van der Waals surface area (Å²) in [5.74, 6) is 1.58. The number of amides is 2. The molecule has 146 valence electrons. The van der Waals surface area contributed by atoms with Crippen LogP contribution in [0.25, 0.3) is 0 Å². The zero-order valence-electron chi connectivity index (χ0n) is 16.0. The second-order valence-electron chi connectivity index (χ2n) is 7.06. The highest BCUT2D eigenvalue weighted by atomic mass is 16.7. The third-order valence-electron chi connectivity index (χ3n) is 5.23. The summed E-state index contributed by atoms with van der Waals surface area (Å²) in [4.78, 5) is 28.6. The van der Waals surface area contributed by atoms with Gasteiger partial charge in [0.2, 0.25) is 12.7 Å². The largest absolute Gasteiger partial charge is 0.454 e. The molecule has 0 spiro atoms. The van der Waals surface area contributed by atoms with Crippen LogP contribution in [0.3, 0.4) is 0 Å². The van der Waals surface area contributed by atoms with Gasteiger partial charge < -0.3 is 19.3 Å². The molecule has 4 rings (SSSR count). The average molecular weight is 380 g/mol. The molecule has 0 aromatic heterocycles. The van der Waals surface area contributed by atoms with Crippen molar-refractivity contribution in [2.45, 2.75) is 32.7 Å². The number of fused-ring (bicyclic) bond motifs is 1. The Kier molecular flexibility index (Phi) is 5.19. The van der Waals surface area contributed by atoms with Gasteiger partial charge in [-0.25, -0.2) is 0 Å². The Morgan fingerprint density at radius 3 is 2.61 bits per heavy atom. The van der Waals surface area contributed by atoms with E-state index in [1.165, 1.54) is 0 Å². The van der Waals surface area contributed by atoms with Crippen LogP contribution in [0.4, 0.5) is 5.69 Å². The molecule has 0 radical (unpaired) electrons. The van der Waals surface area contributed by atoms with Gasteiger partial charge in [0, 0.05) is 37.3 Å². The van der Waals surface area contributed by atoms with Crippen LogP contribution in [0.2, 0.25) is 0 Å². The Balaban J connectivity index is 1.46. The maximum atomic E-state index is 13.0. The van der Waals surface area contributed by atoms with Crippen LogP contribution in [0.5, 0.6) is 11.5 Å². The lowest BCUT2D eigenvalue weighted by Crippen LogP contribution is -2.35. The van der Waals surface area contributed by atoms with Gasteiger partial charge in [0.25, 0.3) is 5.91 Å². The summed E-state index contributed by atoms with van der Waals surface area (Å²) in [6.07, 6.45) is 2.57. The summed E-state index contributed by atoms with van der Waals surface area (Å²) >= 11 is 0. The van der Waals surface area contributed by atoms with E-state index in [2.05, 4.69) is 0 Å². The minimum Gasteiger partial charge on any atom is -0.454 e. The summed E-state index contributed by atoms with van der Waals surface area (Å²) in [7, 11) is 0. The van der Waals surface area contributed by atoms with Crippen LogP contribution in [0.1, 0.15) is 42.1 Å². The molecular weight excluding hydrogens is 356 g/mol. The van der Waals surface area contributed by atoms with Gasteiger partial charge in [0.05, 0.1) is 0 Å². The van der Waals surface area contributed by atoms with Crippen molar-refractivity contribution >= 4 is 17.5 Å². The third-order valence-corrected chi connectivity index (χ3v) is 5.23. The molecule has 0 atom stereocenters. The smallest absolute Gasteiger partial charge is 0.254 e. The highest BCUT2D eigenvalue weighted by Gasteiger charge is 2.21. The number of carbonyl (C=O) groups is 2. The predicted octanol–water partition coefficient (Wildman–Crippen LogP) is 3.59. The summed E-state index contributed by atoms with van der Waals surface area (Å²) in [6.45, 7) is 4.04. The normalized spacial score (nSPS) is 15.6. The monoisotopic (exact) mass is 380 g/mol. The first-order chi connectivity index (χ1) is 13.7. The predicted molar refractivity (Wildman–Crippen MR) is 106 cm³/mol. The van der Waals surface area contributed by atoms with Gasteiger partial charge in [-0.2, -0.15) is 0 Å². The fraction of sp³-hybridized carbons (Fsp3) is 0.364. The van der Waals surface area contributed by atoms with E-state index in [0.717, 1.165) is 42.1 Å². The van der Waals surface area contributed by atoms with E-state index in [0.29, 0.717) is 25.1 Å². The lowest BCUT2D eigenvalue weighted by Gasteiger charge is -2.27. The fourth-order valence-corrected chi connectivity index (χ4v) is 3.63. The zero-order valence-corrected chi connectivity index (χ0v) is 16.0. The van der Waals surface area contributed by atoms with Crippen molar-refractivity contribution in [1.29, 1.82) is 0 Å². The van der Waals surface area contributed by atoms with Gasteiger partial charge in [-0.15, -0.1) is 0 Å². The number of hydrogen-bond donors (Lipinski definition) is 0. The fourth-order valence-electron chi connectivity index (χ4n) is 3.63. The van der Waals surface area contributed by atoms with Crippen molar-refractivity contribution in [2.24, 2.45) is 0 Å². The molecule has 0 bridgehead atoms. The van der Waals surface area contributed by atoms with Crippen molar-refractivity contribution in [3.8, 4) is 11.5 Å². The lowest BCUT2D eigenvalue weighted by molar-refractivity contribution is -0.119. The molecule has 0 aliphatic carbocycles. The molecule has 6 heteroatoms. The number of benzene rings is 2. The molecule has 0 N–H and O–H groups in total. The van der Waals surface area contributed by atoms with Gasteiger partial charge in [0.1, 0.15) is 0 Å². The quantitative estimate of drug-likeness (QED) is 0.795. The minimum atomic E-state index is -0.0308. The lowest BCUT2D eigenvalue weighted by atomic mass is 10.1. The summed E-state index contributed by atoms with van der Waals surface area (Å²) in [6, 6.07) is 13.1. The van der Waals surface area contributed by atoms with Crippen molar-refractivity contribution < 1.29 is 19.1 Å². The van der Waals surface area contributed by atoms with Crippen molar-refractivity contribution in [2.75, 3.05) is 24.8 Å². The van der Waals surface area contributed by atoms with Gasteiger partial charge >= 0.3 is 0 Å². The van der Waals surface area contributed by atoms with Crippen LogP contribution in [-0.4, -0.2) is 36.6 Å². The molecule has 2 aliphatic heterocycles. The second-order valence-corrected chi connectivity index (χ2v) is 7.06. The molecule has 1 fully saturated rings. The van der Waals surface area contributed by atoms with E-state index >= 15 is 0 Å². The second kappa shape index (κ2) is 7.92. The molecule has 0 saturated carbocycles. The van der Waals surface area contributed by atoms with Crippen LogP contribution < -0.4 is 14.4 Å².